The molecule has 6 heteroatoms. The largest absolute Gasteiger partial charge is 0.371 e. The fourth-order valence-corrected chi connectivity index (χ4v) is 5.94. The summed E-state index contributed by atoms with van der Waals surface area (Å²) < 4.78 is 8.46. The fourth-order valence-electron chi connectivity index (χ4n) is 5.38. The standard InChI is InChI=1S/C25H25Cl2N3O/c26-21-7-4-8-22(27)25(21)30-23(20(13-28-30)16-9-10-16)15-31-24-12-19-11-17(24)14-29(19)18-5-2-1-3-6-18/h1-8,13,16-17,19,24H,9-12,14-15H2/t17-,19-,24+/m0/s1. The molecule has 0 N–H and O–H groups in total. The van der Waals surface area contributed by atoms with Gasteiger partial charge in [0.15, 0.2) is 0 Å². The van der Waals surface area contributed by atoms with Crippen LogP contribution in [0.3, 0.4) is 0 Å². The molecule has 3 atom stereocenters. The lowest BCUT2D eigenvalue weighted by molar-refractivity contribution is 0.00993. The summed E-state index contributed by atoms with van der Waals surface area (Å²) >= 11 is 13.0. The van der Waals surface area contributed by atoms with Gasteiger partial charge in [-0.1, -0.05) is 47.5 Å². The molecule has 3 aliphatic rings. The van der Waals surface area contributed by atoms with Crippen molar-refractivity contribution in [3.8, 4) is 5.69 Å². The van der Waals surface area contributed by atoms with Crippen molar-refractivity contribution in [3.05, 3.63) is 76.0 Å². The fraction of sp³-hybridized carbons (Fsp3) is 0.400. The van der Waals surface area contributed by atoms with Gasteiger partial charge in [-0.15, -0.1) is 0 Å². The van der Waals surface area contributed by atoms with E-state index in [0.717, 1.165) is 24.3 Å². The zero-order chi connectivity index (χ0) is 20.9. The van der Waals surface area contributed by atoms with Crippen molar-refractivity contribution in [1.29, 1.82) is 0 Å². The molecule has 0 spiro atoms. The summed E-state index contributed by atoms with van der Waals surface area (Å²) in [7, 11) is 0. The number of para-hydroxylation sites is 2. The van der Waals surface area contributed by atoms with Gasteiger partial charge in [-0.2, -0.15) is 5.10 Å². The van der Waals surface area contributed by atoms with Crippen LogP contribution in [0.1, 0.15) is 42.9 Å². The van der Waals surface area contributed by atoms with E-state index in [1.165, 1.54) is 30.5 Å². The van der Waals surface area contributed by atoms with Gasteiger partial charge in [0.25, 0.3) is 0 Å². The molecule has 2 aromatic carbocycles. The first-order valence-corrected chi connectivity index (χ1v) is 11.9. The Morgan fingerprint density at radius 3 is 2.42 bits per heavy atom. The predicted molar refractivity (Wildman–Crippen MR) is 124 cm³/mol. The minimum absolute atomic E-state index is 0.294. The molecule has 4 nitrogen and oxygen atoms in total. The molecule has 1 saturated heterocycles. The Morgan fingerprint density at radius 2 is 1.74 bits per heavy atom. The first-order chi connectivity index (χ1) is 15.2. The van der Waals surface area contributed by atoms with Crippen LogP contribution in [0.5, 0.6) is 0 Å². The van der Waals surface area contributed by atoms with Crippen LogP contribution < -0.4 is 4.90 Å². The van der Waals surface area contributed by atoms with Gasteiger partial charge in [-0.25, -0.2) is 4.68 Å². The second-order valence-electron chi connectivity index (χ2n) is 9.03. The summed E-state index contributed by atoms with van der Waals surface area (Å²) in [5.74, 6) is 1.16. The Balaban J connectivity index is 1.21. The SMILES string of the molecule is Clc1cccc(Cl)c1-n1ncc(C2CC2)c1CO[C@@H]1C[C@@H]2C[C@H]1CN2c1ccccc1. The van der Waals surface area contributed by atoms with Crippen LogP contribution in [0.4, 0.5) is 5.69 Å². The summed E-state index contributed by atoms with van der Waals surface area (Å²) in [5.41, 5.74) is 4.46. The van der Waals surface area contributed by atoms with E-state index < -0.39 is 0 Å². The maximum atomic E-state index is 6.55. The Morgan fingerprint density at radius 1 is 0.968 bits per heavy atom. The highest BCUT2D eigenvalue weighted by molar-refractivity contribution is 6.37. The lowest BCUT2D eigenvalue weighted by Gasteiger charge is -2.33. The number of piperidine rings is 1. The lowest BCUT2D eigenvalue weighted by Crippen LogP contribution is -2.38. The molecule has 1 aromatic heterocycles. The molecule has 0 unspecified atom stereocenters. The Hall–Kier alpha value is -2.01. The summed E-state index contributed by atoms with van der Waals surface area (Å²) in [6.45, 7) is 1.62. The van der Waals surface area contributed by atoms with Crippen molar-refractivity contribution in [2.24, 2.45) is 5.92 Å². The van der Waals surface area contributed by atoms with Gasteiger partial charge in [0, 0.05) is 24.2 Å². The van der Waals surface area contributed by atoms with Crippen molar-refractivity contribution in [2.75, 3.05) is 11.4 Å². The number of fused-ring (bicyclic) bond motifs is 2. The summed E-state index contributed by atoms with van der Waals surface area (Å²) in [4.78, 5) is 2.55. The molecule has 2 bridgehead atoms. The van der Waals surface area contributed by atoms with Crippen molar-refractivity contribution in [2.45, 2.75) is 50.4 Å². The van der Waals surface area contributed by atoms with Crippen LogP contribution in [-0.2, 0) is 11.3 Å². The van der Waals surface area contributed by atoms with Crippen molar-refractivity contribution >= 4 is 28.9 Å². The lowest BCUT2D eigenvalue weighted by atomic mass is 10.1. The van der Waals surface area contributed by atoms with Gasteiger partial charge in [0.05, 0.1) is 34.6 Å². The van der Waals surface area contributed by atoms with Gasteiger partial charge in [-0.3, -0.25) is 0 Å². The number of hydrogen-bond donors (Lipinski definition) is 0. The number of nitrogens with zero attached hydrogens (tertiary/aromatic N) is 3. The number of hydrogen-bond acceptors (Lipinski definition) is 3. The van der Waals surface area contributed by atoms with Crippen LogP contribution in [0, 0.1) is 5.92 Å². The highest BCUT2D eigenvalue weighted by Crippen LogP contribution is 2.45. The molecule has 31 heavy (non-hydrogen) atoms. The number of ether oxygens (including phenoxy) is 1. The smallest absolute Gasteiger partial charge is 0.102 e. The second kappa shape index (κ2) is 7.84. The Bertz CT molecular complexity index is 1080. The molecule has 3 aromatic rings. The molecule has 0 radical (unpaired) electrons. The van der Waals surface area contributed by atoms with Crippen LogP contribution in [0.15, 0.2) is 54.7 Å². The van der Waals surface area contributed by atoms with E-state index in [9.17, 15) is 0 Å². The molecule has 160 valence electrons. The molecular weight excluding hydrogens is 429 g/mol. The highest BCUT2D eigenvalue weighted by atomic mass is 35.5. The summed E-state index contributed by atoms with van der Waals surface area (Å²) in [5, 5.41) is 5.89. The average Bonchev–Trinajstić information content (AvgIpc) is 3.24. The highest BCUT2D eigenvalue weighted by Gasteiger charge is 2.45. The third kappa shape index (κ3) is 3.55. The van der Waals surface area contributed by atoms with E-state index in [1.807, 2.05) is 29.1 Å². The minimum Gasteiger partial charge on any atom is -0.371 e. The van der Waals surface area contributed by atoms with Crippen molar-refractivity contribution in [1.82, 2.24) is 9.78 Å². The predicted octanol–water partition coefficient (Wildman–Crippen LogP) is 6.24. The molecule has 2 heterocycles. The zero-order valence-corrected chi connectivity index (χ0v) is 18.8. The van der Waals surface area contributed by atoms with Crippen LogP contribution >= 0.6 is 23.2 Å². The Kier molecular flexibility index (Phi) is 4.97. The van der Waals surface area contributed by atoms with Gasteiger partial charge in [-0.05, 0) is 61.4 Å². The van der Waals surface area contributed by atoms with E-state index in [2.05, 4.69) is 40.3 Å². The molecule has 2 aliphatic carbocycles. The number of benzene rings is 2. The number of rotatable bonds is 6. The molecule has 3 fully saturated rings. The zero-order valence-electron chi connectivity index (χ0n) is 17.3. The molecule has 1 aliphatic heterocycles. The van der Waals surface area contributed by atoms with Crippen LogP contribution in [-0.4, -0.2) is 28.5 Å². The average molecular weight is 454 g/mol. The summed E-state index contributed by atoms with van der Waals surface area (Å²) in [6, 6.07) is 16.9. The molecule has 0 amide bonds. The minimum atomic E-state index is 0.294. The van der Waals surface area contributed by atoms with Gasteiger partial charge in [0.1, 0.15) is 5.69 Å². The second-order valence-corrected chi connectivity index (χ2v) is 9.84. The quantitative estimate of drug-likeness (QED) is 0.442. The van der Waals surface area contributed by atoms with E-state index >= 15 is 0 Å². The van der Waals surface area contributed by atoms with Crippen molar-refractivity contribution in [3.63, 3.8) is 0 Å². The first kappa shape index (κ1) is 19.7. The third-order valence-corrected chi connectivity index (χ3v) is 7.68. The topological polar surface area (TPSA) is 30.3 Å². The number of aromatic nitrogens is 2. The normalized spacial score (nSPS) is 24.8. The van der Waals surface area contributed by atoms with Gasteiger partial charge < -0.3 is 9.64 Å². The first-order valence-electron chi connectivity index (χ1n) is 11.1. The van der Waals surface area contributed by atoms with E-state index in [4.69, 9.17) is 27.9 Å². The molecule has 6 rings (SSSR count). The monoisotopic (exact) mass is 453 g/mol. The maximum absolute atomic E-state index is 6.55. The van der Waals surface area contributed by atoms with Gasteiger partial charge in [0.2, 0.25) is 0 Å². The molecular formula is C25H25Cl2N3O. The van der Waals surface area contributed by atoms with Crippen molar-refractivity contribution < 1.29 is 4.74 Å². The Labute approximate surface area is 192 Å². The van der Waals surface area contributed by atoms with E-state index in [-0.39, 0.29) is 0 Å². The van der Waals surface area contributed by atoms with E-state index in [0.29, 0.717) is 40.6 Å². The third-order valence-electron chi connectivity index (χ3n) is 7.07. The van der Waals surface area contributed by atoms with Gasteiger partial charge >= 0.3 is 0 Å². The maximum Gasteiger partial charge on any atom is 0.102 e. The molecule has 2 saturated carbocycles. The van der Waals surface area contributed by atoms with E-state index in [1.54, 1.807) is 0 Å². The number of anilines is 1. The number of halogens is 2. The summed E-state index contributed by atoms with van der Waals surface area (Å²) in [6.07, 6.45) is 7.00. The van der Waals surface area contributed by atoms with Crippen LogP contribution in [0.2, 0.25) is 10.0 Å². The van der Waals surface area contributed by atoms with Crippen LogP contribution in [0.25, 0.3) is 5.69 Å².